The lowest BCUT2D eigenvalue weighted by molar-refractivity contribution is 0.415. The Bertz CT molecular complexity index is 1950. The molecule has 5 rings (SSSR count). The molecule has 5 aromatic rings. The standard InChI is InChI=1S/C28H22F2N2O5S2/c1-16-24-26(33)32(18-6-4-7-20(14-18)39(3,35)36)28(34)31(15-21-22(29)8-5-9-23(21)30)27(24)38-25(16)17-10-12-19(37-2)13-11-17/h4-14H,15H2,1-3H3. The molecule has 0 amide bonds. The summed E-state index contributed by atoms with van der Waals surface area (Å²) in [6.45, 7) is 1.25. The molecule has 0 N–H and O–H groups in total. The fourth-order valence-corrected chi connectivity index (χ4v) is 6.38. The van der Waals surface area contributed by atoms with E-state index in [1.54, 1.807) is 26.2 Å². The van der Waals surface area contributed by atoms with Gasteiger partial charge in [-0.05, 0) is 72.6 Å². The van der Waals surface area contributed by atoms with E-state index in [0.29, 0.717) is 16.2 Å². The molecule has 0 aliphatic carbocycles. The first kappa shape index (κ1) is 26.5. The summed E-state index contributed by atoms with van der Waals surface area (Å²) in [5, 5.41) is 0.187. The van der Waals surface area contributed by atoms with Crippen molar-refractivity contribution in [1.29, 1.82) is 0 Å². The SMILES string of the molecule is COc1ccc(-c2sc3c(c2C)c(=O)n(-c2cccc(S(C)(=O)=O)c2)c(=O)n3Cc2c(F)cccc2F)cc1. The average molecular weight is 569 g/mol. The lowest BCUT2D eigenvalue weighted by atomic mass is 10.1. The van der Waals surface area contributed by atoms with Crippen LogP contribution in [0.2, 0.25) is 0 Å². The monoisotopic (exact) mass is 568 g/mol. The van der Waals surface area contributed by atoms with Crippen LogP contribution in [0.4, 0.5) is 8.78 Å². The summed E-state index contributed by atoms with van der Waals surface area (Å²) in [6, 6.07) is 16.0. The lowest BCUT2D eigenvalue weighted by Gasteiger charge is -2.14. The van der Waals surface area contributed by atoms with Crippen LogP contribution in [0, 0.1) is 18.6 Å². The maximum Gasteiger partial charge on any atom is 0.337 e. The van der Waals surface area contributed by atoms with Crippen molar-refractivity contribution < 1.29 is 21.9 Å². The number of aryl methyl sites for hydroxylation is 1. The van der Waals surface area contributed by atoms with Crippen LogP contribution in [0.15, 0.2) is 81.2 Å². The number of hydrogen-bond acceptors (Lipinski definition) is 6. The maximum absolute atomic E-state index is 14.7. The van der Waals surface area contributed by atoms with Gasteiger partial charge in [-0.1, -0.05) is 12.1 Å². The molecule has 0 bridgehead atoms. The summed E-state index contributed by atoms with van der Waals surface area (Å²) in [4.78, 5) is 28.6. The van der Waals surface area contributed by atoms with E-state index in [4.69, 9.17) is 4.74 Å². The molecule has 0 saturated heterocycles. The number of hydrogen-bond donors (Lipinski definition) is 0. The van der Waals surface area contributed by atoms with Crippen LogP contribution in [0.25, 0.3) is 26.3 Å². The molecule has 200 valence electrons. The molecule has 0 fully saturated rings. The van der Waals surface area contributed by atoms with Gasteiger partial charge in [0.1, 0.15) is 22.2 Å². The van der Waals surface area contributed by atoms with E-state index in [2.05, 4.69) is 0 Å². The Morgan fingerprint density at radius 2 is 1.59 bits per heavy atom. The van der Waals surface area contributed by atoms with Gasteiger partial charge in [0.15, 0.2) is 9.84 Å². The Morgan fingerprint density at radius 3 is 2.21 bits per heavy atom. The molecular weight excluding hydrogens is 546 g/mol. The maximum atomic E-state index is 14.7. The van der Waals surface area contributed by atoms with Crippen molar-refractivity contribution in [3.05, 3.63) is 110 Å². The van der Waals surface area contributed by atoms with E-state index in [9.17, 15) is 26.8 Å². The minimum Gasteiger partial charge on any atom is -0.497 e. The summed E-state index contributed by atoms with van der Waals surface area (Å²) in [5.41, 5.74) is -0.512. The highest BCUT2D eigenvalue weighted by Crippen LogP contribution is 2.37. The van der Waals surface area contributed by atoms with Crippen molar-refractivity contribution in [3.8, 4) is 21.9 Å². The molecule has 39 heavy (non-hydrogen) atoms. The first-order chi connectivity index (χ1) is 18.5. The number of aromatic nitrogens is 2. The molecule has 3 aromatic carbocycles. The average Bonchev–Trinajstić information content (AvgIpc) is 3.25. The van der Waals surface area contributed by atoms with E-state index < -0.39 is 39.3 Å². The van der Waals surface area contributed by atoms with Gasteiger partial charge in [-0.15, -0.1) is 11.3 Å². The lowest BCUT2D eigenvalue weighted by Crippen LogP contribution is -2.39. The third-order valence-electron chi connectivity index (χ3n) is 6.45. The highest BCUT2D eigenvalue weighted by atomic mass is 32.2. The number of methoxy groups -OCH3 is 1. The largest absolute Gasteiger partial charge is 0.497 e. The van der Waals surface area contributed by atoms with Gasteiger partial charge in [0.25, 0.3) is 5.56 Å². The van der Waals surface area contributed by atoms with Crippen LogP contribution in [0.5, 0.6) is 5.75 Å². The van der Waals surface area contributed by atoms with Crippen molar-refractivity contribution in [2.45, 2.75) is 18.4 Å². The molecule has 0 atom stereocenters. The molecule has 11 heteroatoms. The van der Waals surface area contributed by atoms with Crippen molar-refractivity contribution in [1.82, 2.24) is 9.13 Å². The zero-order chi connectivity index (χ0) is 28.1. The van der Waals surface area contributed by atoms with E-state index in [-0.39, 0.29) is 26.4 Å². The number of benzene rings is 3. The molecule has 0 saturated carbocycles. The number of halogens is 2. The zero-order valence-electron chi connectivity index (χ0n) is 21.1. The first-order valence-electron chi connectivity index (χ1n) is 11.7. The Hall–Kier alpha value is -4.09. The van der Waals surface area contributed by atoms with Crippen molar-refractivity contribution >= 4 is 31.4 Å². The number of rotatable bonds is 6. The van der Waals surface area contributed by atoms with Crippen LogP contribution >= 0.6 is 11.3 Å². The predicted octanol–water partition coefficient (Wildman–Crippen LogP) is 4.93. The Labute approximate surface area is 226 Å². The van der Waals surface area contributed by atoms with Crippen molar-refractivity contribution in [2.24, 2.45) is 0 Å². The minimum atomic E-state index is -3.65. The van der Waals surface area contributed by atoms with Crippen molar-refractivity contribution in [2.75, 3.05) is 13.4 Å². The third kappa shape index (κ3) is 4.68. The predicted molar refractivity (Wildman–Crippen MR) is 147 cm³/mol. The second-order valence-electron chi connectivity index (χ2n) is 8.94. The van der Waals surface area contributed by atoms with Gasteiger partial charge >= 0.3 is 5.69 Å². The third-order valence-corrected chi connectivity index (χ3v) is 8.92. The van der Waals surface area contributed by atoms with Gasteiger partial charge in [-0.3, -0.25) is 9.36 Å². The number of ether oxygens (including phenoxy) is 1. The van der Waals surface area contributed by atoms with Gasteiger partial charge in [0.2, 0.25) is 0 Å². The van der Waals surface area contributed by atoms with E-state index >= 15 is 0 Å². The molecule has 2 aromatic heterocycles. The first-order valence-corrected chi connectivity index (χ1v) is 14.4. The van der Waals surface area contributed by atoms with E-state index in [1.165, 1.54) is 30.3 Å². The number of thiophene rings is 1. The van der Waals surface area contributed by atoms with E-state index in [1.807, 2.05) is 12.1 Å². The van der Waals surface area contributed by atoms with Crippen LogP contribution in [-0.2, 0) is 16.4 Å². The summed E-state index contributed by atoms with van der Waals surface area (Å²) in [6.07, 6.45) is 1.02. The molecule has 0 spiro atoms. The van der Waals surface area contributed by atoms with Crippen LogP contribution in [0.3, 0.4) is 0 Å². The highest BCUT2D eigenvalue weighted by molar-refractivity contribution is 7.90. The van der Waals surface area contributed by atoms with Gasteiger partial charge in [-0.25, -0.2) is 26.6 Å². The molecule has 0 unspecified atom stereocenters. The topological polar surface area (TPSA) is 87.4 Å². The molecule has 0 aliphatic heterocycles. The Morgan fingerprint density at radius 1 is 0.949 bits per heavy atom. The van der Waals surface area contributed by atoms with E-state index in [0.717, 1.165) is 44.4 Å². The van der Waals surface area contributed by atoms with Gasteiger partial charge in [-0.2, -0.15) is 0 Å². The van der Waals surface area contributed by atoms with Crippen LogP contribution in [0.1, 0.15) is 11.1 Å². The molecule has 7 nitrogen and oxygen atoms in total. The second kappa shape index (κ2) is 9.90. The summed E-state index contributed by atoms with van der Waals surface area (Å²) < 4.78 is 60.9. The van der Waals surface area contributed by atoms with Crippen LogP contribution in [-0.4, -0.2) is 30.9 Å². The molecule has 0 aliphatic rings. The minimum absolute atomic E-state index is 0.0224. The fraction of sp³-hybridized carbons (Fsp3) is 0.143. The normalized spacial score (nSPS) is 11.7. The summed E-state index contributed by atoms with van der Waals surface area (Å²) in [5.74, 6) is -1.04. The van der Waals surface area contributed by atoms with Gasteiger partial charge < -0.3 is 4.74 Å². The number of nitrogens with zero attached hydrogens (tertiary/aromatic N) is 2. The second-order valence-corrected chi connectivity index (χ2v) is 12.0. The highest BCUT2D eigenvalue weighted by Gasteiger charge is 2.23. The van der Waals surface area contributed by atoms with Crippen LogP contribution < -0.4 is 16.0 Å². The summed E-state index contributed by atoms with van der Waals surface area (Å²) in [7, 11) is -2.11. The molecular formula is C28H22F2N2O5S2. The number of fused-ring (bicyclic) bond motifs is 1. The van der Waals surface area contributed by atoms with Gasteiger partial charge in [0, 0.05) is 16.7 Å². The number of sulfone groups is 1. The fourth-order valence-electron chi connectivity index (χ4n) is 4.43. The van der Waals surface area contributed by atoms with Crippen molar-refractivity contribution in [3.63, 3.8) is 0 Å². The molecule has 0 radical (unpaired) electrons. The summed E-state index contributed by atoms with van der Waals surface area (Å²) >= 11 is 1.16. The smallest absolute Gasteiger partial charge is 0.337 e. The Balaban J connectivity index is 1.86. The quantitative estimate of drug-likeness (QED) is 0.290. The Kier molecular flexibility index (Phi) is 6.73. The van der Waals surface area contributed by atoms with Gasteiger partial charge in [0.05, 0.1) is 29.6 Å². The zero-order valence-corrected chi connectivity index (χ0v) is 22.7. The molecule has 2 heterocycles.